The summed E-state index contributed by atoms with van der Waals surface area (Å²) in [6.45, 7) is 5.90. The van der Waals surface area contributed by atoms with Crippen molar-refractivity contribution in [3.05, 3.63) is 59.7 Å². The van der Waals surface area contributed by atoms with Crippen molar-refractivity contribution in [2.24, 2.45) is 0 Å². The van der Waals surface area contributed by atoms with E-state index >= 15 is 0 Å². The monoisotopic (exact) mass is 461 g/mol. The summed E-state index contributed by atoms with van der Waals surface area (Å²) in [5.41, 5.74) is 3.97. The molecule has 33 heavy (non-hydrogen) atoms. The van der Waals surface area contributed by atoms with Crippen molar-refractivity contribution in [2.45, 2.75) is 45.2 Å². The lowest BCUT2D eigenvalue weighted by Crippen LogP contribution is -2.28. The van der Waals surface area contributed by atoms with Crippen LogP contribution in [0.4, 0.5) is 18.9 Å². The van der Waals surface area contributed by atoms with E-state index in [1.807, 2.05) is 42.5 Å². The fourth-order valence-electron chi connectivity index (χ4n) is 3.92. The van der Waals surface area contributed by atoms with E-state index in [1.54, 1.807) is 14.0 Å². The normalized spacial score (nSPS) is 15.1. The molecule has 0 saturated carbocycles. The predicted molar refractivity (Wildman–Crippen MR) is 124 cm³/mol. The first kappa shape index (κ1) is 24.7. The lowest BCUT2D eigenvalue weighted by molar-refractivity contribution is -0.171. The summed E-state index contributed by atoms with van der Waals surface area (Å²) >= 11 is 0. The molecule has 0 spiro atoms. The highest BCUT2D eigenvalue weighted by atomic mass is 19.4. The van der Waals surface area contributed by atoms with E-state index in [2.05, 4.69) is 17.9 Å². The molecule has 0 unspecified atom stereocenters. The van der Waals surface area contributed by atoms with Gasteiger partial charge >= 0.3 is 6.18 Å². The number of benzene rings is 2. The number of ether oxygens (including phenoxy) is 2. The molecule has 7 heteroatoms. The summed E-state index contributed by atoms with van der Waals surface area (Å²) < 4.78 is 48.9. The van der Waals surface area contributed by atoms with E-state index in [1.165, 1.54) is 5.57 Å². The third kappa shape index (κ3) is 6.30. The molecule has 3 rings (SSSR count). The number of carbonyl (C=O) groups excluding carboxylic acids is 1. The van der Waals surface area contributed by atoms with Gasteiger partial charge in [0, 0.05) is 25.6 Å². The summed E-state index contributed by atoms with van der Waals surface area (Å²) in [5, 5.41) is 0. The summed E-state index contributed by atoms with van der Waals surface area (Å²) in [5.74, 6) is -0.612. The van der Waals surface area contributed by atoms with E-state index in [4.69, 9.17) is 9.47 Å². The molecule has 0 radical (unpaired) electrons. The first-order valence-corrected chi connectivity index (χ1v) is 11.2. The molecule has 1 atom stereocenters. The Labute approximate surface area is 193 Å². The van der Waals surface area contributed by atoms with Gasteiger partial charge in [0.1, 0.15) is 11.5 Å². The number of nitrogens with zero attached hydrogens (tertiary/aromatic N) is 1. The molecule has 0 aromatic heterocycles. The van der Waals surface area contributed by atoms with Gasteiger partial charge in [-0.05, 0) is 47.6 Å². The molecule has 0 saturated heterocycles. The van der Waals surface area contributed by atoms with Gasteiger partial charge in [-0.1, -0.05) is 44.2 Å². The molecule has 0 aliphatic carbocycles. The first-order chi connectivity index (χ1) is 15.7. The third-order valence-electron chi connectivity index (χ3n) is 5.83. The lowest BCUT2D eigenvalue weighted by Gasteiger charge is -2.30. The van der Waals surface area contributed by atoms with Gasteiger partial charge < -0.3 is 14.4 Å². The number of hydrogen-bond acceptors (Lipinski definition) is 4. The maximum absolute atomic E-state index is 12.5. The van der Waals surface area contributed by atoms with Crippen LogP contribution >= 0.6 is 0 Å². The Morgan fingerprint density at radius 3 is 2.45 bits per heavy atom. The van der Waals surface area contributed by atoms with Crippen LogP contribution in [0.1, 0.15) is 50.2 Å². The van der Waals surface area contributed by atoms with Crippen LogP contribution in [0.15, 0.2) is 48.5 Å². The molecule has 1 heterocycles. The van der Waals surface area contributed by atoms with Gasteiger partial charge in [-0.25, -0.2) is 0 Å². The summed E-state index contributed by atoms with van der Waals surface area (Å²) in [6, 6.07) is 13.4. The second-order valence-corrected chi connectivity index (χ2v) is 8.26. The lowest BCUT2D eigenvalue weighted by atomic mass is 9.92. The van der Waals surface area contributed by atoms with Crippen molar-refractivity contribution in [1.82, 2.24) is 0 Å². The van der Waals surface area contributed by atoms with Crippen LogP contribution in [0.25, 0.3) is 5.57 Å². The molecule has 0 bridgehead atoms. The zero-order chi connectivity index (χ0) is 24.0. The van der Waals surface area contributed by atoms with E-state index in [9.17, 15) is 18.0 Å². The maximum atomic E-state index is 12.5. The standard InChI is InChI=1S/C26H30F3NO3/c1-4-15-33-22-9-10-23(24(17-22)32-3)30-13-11-21(12-14-30)20-7-5-19(6-8-20)18(2)16-25(31)26(27,28)29/h5-11,17-18H,4,12-16H2,1-3H3/t18-/m1/s1. The molecular formula is C26H30F3NO3. The fourth-order valence-corrected chi connectivity index (χ4v) is 3.92. The maximum Gasteiger partial charge on any atom is 0.449 e. The number of Topliss-reactive ketones (excluding diaryl/α,β-unsaturated/α-hetero) is 1. The Morgan fingerprint density at radius 2 is 1.88 bits per heavy atom. The highest BCUT2D eigenvalue weighted by Crippen LogP contribution is 2.35. The van der Waals surface area contributed by atoms with E-state index in [0.717, 1.165) is 54.2 Å². The van der Waals surface area contributed by atoms with Crippen molar-refractivity contribution in [3.8, 4) is 11.5 Å². The molecule has 1 aliphatic heterocycles. The quantitative estimate of drug-likeness (QED) is 0.433. The van der Waals surface area contributed by atoms with Gasteiger partial charge in [0.25, 0.3) is 0 Å². The predicted octanol–water partition coefficient (Wildman–Crippen LogP) is 6.40. The number of anilines is 1. The molecule has 178 valence electrons. The SMILES string of the molecule is CCCOc1ccc(N2CC=C(c3ccc([C@H](C)CC(=O)C(F)(F)F)cc3)CC2)c(OC)c1. The Bertz CT molecular complexity index is 983. The molecule has 0 amide bonds. The highest BCUT2D eigenvalue weighted by molar-refractivity contribution is 5.84. The molecule has 2 aromatic carbocycles. The van der Waals surface area contributed by atoms with Crippen molar-refractivity contribution < 1.29 is 27.4 Å². The minimum absolute atomic E-state index is 0.485. The van der Waals surface area contributed by atoms with Crippen molar-refractivity contribution in [3.63, 3.8) is 0 Å². The van der Waals surface area contributed by atoms with Crippen LogP contribution in [0.2, 0.25) is 0 Å². The topological polar surface area (TPSA) is 38.8 Å². The zero-order valence-corrected chi connectivity index (χ0v) is 19.2. The Hall–Kier alpha value is -2.96. The highest BCUT2D eigenvalue weighted by Gasteiger charge is 2.38. The second-order valence-electron chi connectivity index (χ2n) is 8.26. The van der Waals surface area contributed by atoms with Crippen LogP contribution in [0, 0.1) is 0 Å². The van der Waals surface area contributed by atoms with E-state index < -0.39 is 24.3 Å². The zero-order valence-electron chi connectivity index (χ0n) is 19.2. The van der Waals surface area contributed by atoms with Crippen molar-refractivity contribution in [2.75, 3.05) is 31.7 Å². The number of hydrogen-bond donors (Lipinski definition) is 0. The number of halogens is 3. The molecule has 1 aliphatic rings. The second kappa shape index (κ2) is 10.8. The van der Waals surface area contributed by atoms with Gasteiger partial charge in [-0.15, -0.1) is 0 Å². The number of carbonyl (C=O) groups is 1. The molecule has 0 N–H and O–H groups in total. The Morgan fingerprint density at radius 1 is 1.15 bits per heavy atom. The number of ketones is 1. The van der Waals surface area contributed by atoms with Gasteiger partial charge in [0.2, 0.25) is 5.78 Å². The molecule has 0 fully saturated rings. The number of methoxy groups -OCH3 is 1. The summed E-state index contributed by atoms with van der Waals surface area (Å²) in [7, 11) is 1.65. The third-order valence-corrected chi connectivity index (χ3v) is 5.83. The van der Waals surface area contributed by atoms with Gasteiger partial charge in [-0.3, -0.25) is 4.79 Å². The van der Waals surface area contributed by atoms with E-state index in [-0.39, 0.29) is 0 Å². The van der Waals surface area contributed by atoms with Crippen LogP contribution < -0.4 is 14.4 Å². The summed E-state index contributed by atoms with van der Waals surface area (Å²) in [6.07, 6.45) is -1.38. The van der Waals surface area contributed by atoms with Crippen LogP contribution in [0.3, 0.4) is 0 Å². The van der Waals surface area contributed by atoms with Crippen LogP contribution in [0.5, 0.6) is 11.5 Å². The average molecular weight is 462 g/mol. The van der Waals surface area contributed by atoms with Crippen LogP contribution in [-0.2, 0) is 4.79 Å². The van der Waals surface area contributed by atoms with Gasteiger partial charge in [0.15, 0.2) is 0 Å². The van der Waals surface area contributed by atoms with E-state index in [0.29, 0.717) is 6.61 Å². The van der Waals surface area contributed by atoms with Crippen molar-refractivity contribution in [1.29, 1.82) is 0 Å². The Balaban J connectivity index is 1.66. The van der Waals surface area contributed by atoms with Gasteiger partial charge in [0.05, 0.1) is 19.4 Å². The minimum Gasteiger partial charge on any atom is -0.494 e. The fraction of sp³-hybridized carbons (Fsp3) is 0.423. The van der Waals surface area contributed by atoms with Crippen LogP contribution in [-0.4, -0.2) is 38.8 Å². The van der Waals surface area contributed by atoms with Gasteiger partial charge in [-0.2, -0.15) is 13.2 Å². The molecule has 2 aromatic rings. The van der Waals surface area contributed by atoms with Crippen molar-refractivity contribution >= 4 is 17.0 Å². The first-order valence-electron chi connectivity index (χ1n) is 11.2. The molecule has 4 nitrogen and oxygen atoms in total. The number of rotatable bonds is 9. The summed E-state index contributed by atoms with van der Waals surface area (Å²) in [4.78, 5) is 13.5. The number of alkyl halides is 3. The largest absolute Gasteiger partial charge is 0.494 e. The average Bonchev–Trinajstić information content (AvgIpc) is 2.82. The smallest absolute Gasteiger partial charge is 0.449 e. The molecular weight excluding hydrogens is 431 g/mol. The minimum atomic E-state index is -4.78. The Kier molecular flexibility index (Phi) is 8.06.